The largest absolute Gasteiger partial charge is 0.436 e. The third-order valence-corrected chi connectivity index (χ3v) is 7.02. The van der Waals surface area contributed by atoms with Crippen LogP contribution in [0.4, 0.5) is 13.6 Å². The van der Waals surface area contributed by atoms with Crippen LogP contribution >= 0.6 is 0 Å². The Hall–Kier alpha value is -3.26. The summed E-state index contributed by atoms with van der Waals surface area (Å²) in [7, 11) is 2.00. The first-order valence-electron chi connectivity index (χ1n) is 13.5. The van der Waals surface area contributed by atoms with Crippen LogP contribution in [0.15, 0.2) is 54.6 Å². The Morgan fingerprint density at radius 3 is 2.29 bits per heavy atom. The van der Waals surface area contributed by atoms with E-state index >= 15 is 0 Å². The highest BCUT2D eigenvalue weighted by Crippen LogP contribution is 2.40. The molecule has 0 spiro atoms. The predicted molar refractivity (Wildman–Crippen MR) is 143 cm³/mol. The van der Waals surface area contributed by atoms with Crippen LogP contribution in [0.1, 0.15) is 50.3 Å². The number of nitrogens with zero attached hydrogens (tertiary/aromatic N) is 3. The first kappa shape index (κ1) is 27.8. The lowest BCUT2D eigenvalue weighted by molar-refractivity contribution is -0.142. The molecule has 2 aliphatic heterocycles. The first-order chi connectivity index (χ1) is 18.3. The highest BCUT2D eigenvalue weighted by Gasteiger charge is 2.45. The summed E-state index contributed by atoms with van der Waals surface area (Å²) in [4.78, 5) is 32.1. The van der Waals surface area contributed by atoms with E-state index in [0.717, 1.165) is 49.7 Å². The molecule has 6 nitrogen and oxygen atoms in total. The summed E-state index contributed by atoms with van der Waals surface area (Å²) < 4.78 is 34.3. The van der Waals surface area contributed by atoms with Crippen molar-refractivity contribution >= 4 is 17.6 Å². The number of halogens is 2. The van der Waals surface area contributed by atoms with E-state index in [0.29, 0.717) is 18.7 Å². The molecule has 0 unspecified atom stereocenters. The minimum absolute atomic E-state index is 0.0229. The van der Waals surface area contributed by atoms with Gasteiger partial charge in [0.15, 0.2) is 6.10 Å². The average molecular weight is 526 g/mol. The fourth-order valence-electron chi connectivity index (χ4n) is 4.76. The molecule has 8 heteroatoms. The van der Waals surface area contributed by atoms with Crippen molar-refractivity contribution in [2.45, 2.75) is 45.3 Å². The Morgan fingerprint density at radius 1 is 1.00 bits per heavy atom. The Balaban J connectivity index is 0.00000107. The molecule has 0 radical (unpaired) electrons. The van der Waals surface area contributed by atoms with Gasteiger partial charge in [-0.2, -0.15) is 0 Å². The van der Waals surface area contributed by atoms with E-state index < -0.39 is 29.9 Å². The van der Waals surface area contributed by atoms with Crippen molar-refractivity contribution in [3.8, 4) is 0 Å². The molecule has 3 aliphatic rings. The number of carbonyl (C=O) groups excluding carboxylic acids is 2. The molecule has 2 atom stereocenters. The molecule has 2 amide bonds. The van der Waals surface area contributed by atoms with Crippen molar-refractivity contribution < 1.29 is 23.1 Å². The van der Waals surface area contributed by atoms with E-state index in [4.69, 9.17) is 4.74 Å². The number of likely N-dealkylation sites (N-methyl/N-ethyl adjacent to an activating group) is 1. The molecule has 2 heterocycles. The van der Waals surface area contributed by atoms with E-state index in [-0.39, 0.29) is 23.9 Å². The summed E-state index contributed by atoms with van der Waals surface area (Å²) in [6.07, 6.45) is 3.32. The summed E-state index contributed by atoms with van der Waals surface area (Å²) in [5.74, 6) is -1.41. The predicted octanol–water partition coefficient (Wildman–Crippen LogP) is 5.51. The molecule has 204 valence electrons. The van der Waals surface area contributed by atoms with Gasteiger partial charge in [-0.1, -0.05) is 56.7 Å². The zero-order valence-electron chi connectivity index (χ0n) is 22.4. The van der Waals surface area contributed by atoms with E-state index in [1.54, 1.807) is 15.9 Å². The standard InChI is InChI=1S/C27H29F2N3O3.C3H8/c1-30-11-13-31(14-12-30)27(34)35-25(19-7-8-19)26(33)32-17-20(22-16-21(28)9-10-23(22)29)15-24(32)18-5-3-2-4-6-18;1-3-2/h2-6,9-10,15-16,19,24-25H,7-8,11-14,17H2,1H3;3H2,1-2H3/t24-,25-;/m0./s1. The second-order valence-corrected chi connectivity index (χ2v) is 10.3. The molecule has 0 aromatic heterocycles. The topological polar surface area (TPSA) is 53.1 Å². The summed E-state index contributed by atoms with van der Waals surface area (Å²) in [6.45, 7) is 6.98. The van der Waals surface area contributed by atoms with E-state index in [9.17, 15) is 18.4 Å². The molecule has 2 aromatic rings. The van der Waals surface area contributed by atoms with Crippen LogP contribution < -0.4 is 0 Å². The Kier molecular flexibility index (Phi) is 9.15. The van der Waals surface area contributed by atoms with Gasteiger partial charge in [-0.25, -0.2) is 13.6 Å². The molecular formula is C30H37F2N3O3. The van der Waals surface area contributed by atoms with Crippen molar-refractivity contribution in [1.82, 2.24) is 14.7 Å². The monoisotopic (exact) mass is 525 g/mol. The number of hydrogen-bond acceptors (Lipinski definition) is 4. The van der Waals surface area contributed by atoms with Crippen LogP contribution in [0, 0.1) is 17.6 Å². The van der Waals surface area contributed by atoms with Gasteiger partial charge in [-0.05, 0) is 49.2 Å². The van der Waals surface area contributed by atoms with Crippen molar-refractivity contribution in [3.63, 3.8) is 0 Å². The van der Waals surface area contributed by atoms with Gasteiger partial charge in [0.2, 0.25) is 0 Å². The lowest BCUT2D eigenvalue weighted by Gasteiger charge is -2.34. The molecule has 1 saturated heterocycles. The first-order valence-corrected chi connectivity index (χ1v) is 13.5. The molecule has 0 N–H and O–H groups in total. The Bertz CT molecular complexity index is 1140. The lowest BCUT2D eigenvalue weighted by Crippen LogP contribution is -2.50. The van der Waals surface area contributed by atoms with Gasteiger partial charge in [0.25, 0.3) is 5.91 Å². The summed E-state index contributed by atoms with van der Waals surface area (Å²) >= 11 is 0. The van der Waals surface area contributed by atoms with E-state index in [1.165, 1.54) is 6.42 Å². The van der Waals surface area contributed by atoms with Gasteiger partial charge in [-0.15, -0.1) is 0 Å². The molecule has 5 rings (SSSR count). The van der Waals surface area contributed by atoms with Crippen molar-refractivity contribution in [2.75, 3.05) is 39.8 Å². The maximum absolute atomic E-state index is 14.6. The normalized spacial score (nSPS) is 20.3. The number of ether oxygens (including phenoxy) is 1. The Morgan fingerprint density at radius 2 is 1.66 bits per heavy atom. The molecule has 1 saturated carbocycles. The number of carbonyl (C=O) groups is 2. The average Bonchev–Trinajstić information content (AvgIpc) is 3.67. The van der Waals surface area contributed by atoms with Crippen LogP contribution in [-0.4, -0.2) is 72.6 Å². The van der Waals surface area contributed by atoms with Gasteiger partial charge < -0.3 is 19.4 Å². The van der Waals surface area contributed by atoms with Gasteiger partial charge in [0, 0.05) is 44.2 Å². The summed E-state index contributed by atoms with van der Waals surface area (Å²) in [5, 5.41) is 0. The third-order valence-electron chi connectivity index (χ3n) is 7.02. The van der Waals surface area contributed by atoms with Gasteiger partial charge in [0.05, 0.1) is 6.04 Å². The quantitative estimate of drug-likeness (QED) is 0.517. The number of hydrogen-bond donors (Lipinski definition) is 0. The van der Waals surface area contributed by atoms with Crippen molar-refractivity contribution in [3.05, 3.63) is 77.4 Å². The summed E-state index contributed by atoms with van der Waals surface area (Å²) in [6, 6.07) is 12.3. The maximum atomic E-state index is 14.6. The number of rotatable bonds is 5. The fraction of sp³-hybridized carbons (Fsp3) is 0.467. The second-order valence-electron chi connectivity index (χ2n) is 10.3. The highest BCUT2D eigenvalue weighted by molar-refractivity contribution is 5.88. The van der Waals surface area contributed by atoms with Gasteiger partial charge >= 0.3 is 6.09 Å². The molecule has 2 aromatic carbocycles. The minimum atomic E-state index is -0.890. The SMILES string of the molecule is CCC.CN1CCN(C(=O)O[C@H](C(=O)N2CC(c3cc(F)ccc3F)=C[C@H]2c2ccccc2)C2CC2)CC1. The molecule has 0 bridgehead atoms. The van der Waals surface area contributed by atoms with Crippen LogP contribution in [-0.2, 0) is 9.53 Å². The van der Waals surface area contributed by atoms with Crippen LogP contribution in [0.2, 0.25) is 0 Å². The van der Waals surface area contributed by atoms with Crippen molar-refractivity contribution in [1.29, 1.82) is 0 Å². The van der Waals surface area contributed by atoms with Crippen LogP contribution in [0.5, 0.6) is 0 Å². The van der Waals surface area contributed by atoms with Gasteiger partial charge in [-0.3, -0.25) is 4.79 Å². The van der Waals surface area contributed by atoms with E-state index in [1.807, 2.05) is 37.4 Å². The molecule has 2 fully saturated rings. The van der Waals surface area contributed by atoms with Crippen LogP contribution in [0.25, 0.3) is 5.57 Å². The van der Waals surface area contributed by atoms with Gasteiger partial charge in [0.1, 0.15) is 11.6 Å². The fourth-order valence-corrected chi connectivity index (χ4v) is 4.76. The zero-order chi connectivity index (χ0) is 27.2. The van der Waals surface area contributed by atoms with Crippen molar-refractivity contribution in [2.24, 2.45) is 5.92 Å². The molecule has 1 aliphatic carbocycles. The van der Waals surface area contributed by atoms with Crippen LogP contribution in [0.3, 0.4) is 0 Å². The second kappa shape index (κ2) is 12.5. The smallest absolute Gasteiger partial charge is 0.410 e. The lowest BCUT2D eigenvalue weighted by atomic mass is 10.0. The molecular weight excluding hydrogens is 488 g/mol. The minimum Gasteiger partial charge on any atom is -0.436 e. The Labute approximate surface area is 223 Å². The number of piperazine rings is 1. The number of amides is 2. The maximum Gasteiger partial charge on any atom is 0.410 e. The third kappa shape index (κ3) is 6.59. The highest BCUT2D eigenvalue weighted by atomic mass is 19.1. The summed E-state index contributed by atoms with van der Waals surface area (Å²) in [5.41, 5.74) is 1.52. The van der Waals surface area contributed by atoms with E-state index in [2.05, 4.69) is 18.7 Å². The number of benzene rings is 2. The zero-order valence-corrected chi connectivity index (χ0v) is 22.4. The molecule has 38 heavy (non-hydrogen) atoms.